The molecule has 1 heterocycles. The molecule has 1 aliphatic heterocycles. The second kappa shape index (κ2) is 6.64. The van der Waals surface area contributed by atoms with Gasteiger partial charge in [-0.15, -0.1) is 0 Å². The molecule has 2 N–H and O–H groups in total. The Morgan fingerprint density at radius 2 is 1.48 bits per heavy atom. The van der Waals surface area contributed by atoms with Crippen LogP contribution in [0.1, 0.15) is 5.56 Å². The van der Waals surface area contributed by atoms with Crippen LogP contribution in [0.4, 0.5) is 0 Å². The summed E-state index contributed by atoms with van der Waals surface area (Å²) in [6.07, 6.45) is 0. The molecule has 0 saturated heterocycles. The average Bonchev–Trinajstić information content (AvgIpc) is 3.08. The molecular weight excluding hydrogens is 368 g/mol. The number of ether oxygens (including phenoxy) is 2. The molecule has 25 heavy (non-hydrogen) atoms. The van der Waals surface area contributed by atoms with Gasteiger partial charge in [0, 0.05) is 6.54 Å². The van der Waals surface area contributed by atoms with Crippen molar-refractivity contribution in [3.05, 3.63) is 48.0 Å². The highest BCUT2D eigenvalue weighted by atomic mass is 32.2. The lowest BCUT2D eigenvalue weighted by Gasteiger charge is -2.08. The molecule has 0 amide bonds. The fourth-order valence-electron chi connectivity index (χ4n) is 2.23. The lowest BCUT2D eigenvalue weighted by molar-refractivity contribution is 0.174. The highest BCUT2D eigenvalue weighted by molar-refractivity contribution is 7.90. The lowest BCUT2D eigenvalue weighted by atomic mass is 10.2. The average molecular weight is 384 g/mol. The van der Waals surface area contributed by atoms with Gasteiger partial charge in [-0.05, 0) is 49.0 Å². The van der Waals surface area contributed by atoms with Crippen molar-refractivity contribution in [2.45, 2.75) is 16.3 Å². The molecule has 0 spiro atoms. The molecule has 0 unspecified atom stereocenters. The normalized spacial score (nSPS) is 13.8. The van der Waals surface area contributed by atoms with E-state index >= 15 is 0 Å². The molecule has 0 fully saturated rings. The van der Waals surface area contributed by atoms with Gasteiger partial charge in [0.2, 0.25) is 26.8 Å². The number of nitrogens with one attached hydrogen (secondary N) is 2. The van der Waals surface area contributed by atoms with Crippen molar-refractivity contribution in [3.63, 3.8) is 0 Å². The van der Waals surface area contributed by atoms with E-state index in [1.165, 1.54) is 31.3 Å². The zero-order valence-corrected chi connectivity index (χ0v) is 14.9. The summed E-state index contributed by atoms with van der Waals surface area (Å²) >= 11 is 0. The molecule has 1 aliphatic rings. The molecule has 0 saturated carbocycles. The molecule has 0 atom stereocenters. The molecule has 0 bridgehead atoms. The molecule has 8 nitrogen and oxygen atoms in total. The third kappa shape index (κ3) is 3.76. The van der Waals surface area contributed by atoms with Crippen molar-refractivity contribution in [2.24, 2.45) is 0 Å². The quantitative estimate of drug-likeness (QED) is 0.762. The molecule has 2 aromatic rings. The molecule has 0 aliphatic carbocycles. The maximum atomic E-state index is 12.3. The monoisotopic (exact) mass is 384 g/mol. The number of rotatable bonds is 6. The van der Waals surface area contributed by atoms with E-state index in [2.05, 4.69) is 9.44 Å². The van der Waals surface area contributed by atoms with Crippen LogP contribution in [0.25, 0.3) is 0 Å². The van der Waals surface area contributed by atoms with Crippen LogP contribution in [0.2, 0.25) is 0 Å². The number of sulfonamides is 2. The minimum atomic E-state index is -3.78. The van der Waals surface area contributed by atoms with E-state index in [4.69, 9.17) is 9.47 Å². The fourth-order valence-corrected chi connectivity index (χ4v) is 3.98. The maximum Gasteiger partial charge on any atom is 0.240 e. The predicted molar refractivity (Wildman–Crippen MR) is 89.3 cm³/mol. The number of hydrogen-bond donors (Lipinski definition) is 2. The van der Waals surface area contributed by atoms with Crippen LogP contribution in [-0.2, 0) is 26.6 Å². The van der Waals surface area contributed by atoms with Crippen LogP contribution in [0.5, 0.6) is 11.5 Å². The molecule has 0 radical (unpaired) electrons. The molecule has 3 rings (SSSR count). The highest BCUT2D eigenvalue weighted by Gasteiger charge is 2.18. The zero-order valence-electron chi connectivity index (χ0n) is 13.2. The van der Waals surface area contributed by atoms with Crippen LogP contribution in [0.15, 0.2) is 52.3 Å². The van der Waals surface area contributed by atoms with Gasteiger partial charge >= 0.3 is 0 Å². The van der Waals surface area contributed by atoms with Gasteiger partial charge in [-0.2, -0.15) is 0 Å². The Balaban J connectivity index is 1.73. The molecule has 134 valence electrons. The van der Waals surface area contributed by atoms with Gasteiger partial charge in [-0.25, -0.2) is 26.3 Å². The Labute approximate surface area is 145 Å². The van der Waals surface area contributed by atoms with Gasteiger partial charge in [0.15, 0.2) is 11.5 Å². The topological polar surface area (TPSA) is 111 Å². The summed E-state index contributed by atoms with van der Waals surface area (Å²) in [6.45, 7) is 0.210. The smallest absolute Gasteiger partial charge is 0.240 e. The first kappa shape index (κ1) is 17.7. The number of hydrogen-bond acceptors (Lipinski definition) is 6. The maximum absolute atomic E-state index is 12.3. The second-order valence-electron chi connectivity index (χ2n) is 5.19. The Bertz CT molecular complexity index is 985. The number of fused-ring (bicyclic) bond motifs is 1. The van der Waals surface area contributed by atoms with Gasteiger partial charge in [0.25, 0.3) is 0 Å². The van der Waals surface area contributed by atoms with E-state index < -0.39 is 20.0 Å². The van der Waals surface area contributed by atoms with Crippen molar-refractivity contribution in [1.82, 2.24) is 9.44 Å². The van der Waals surface area contributed by atoms with Crippen LogP contribution in [0.3, 0.4) is 0 Å². The van der Waals surface area contributed by atoms with Crippen molar-refractivity contribution in [3.8, 4) is 11.5 Å². The first-order valence-corrected chi connectivity index (χ1v) is 10.2. The van der Waals surface area contributed by atoms with Gasteiger partial charge in [0.1, 0.15) is 0 Å². The summed E-state index contributed by atoms with van der Waals surface area (Å²) < 4.78 is 63.1. The largest absolute Gasteiger partial charge is 0.454 e. The Morgan fingerprint density at radius 3 is 2.12 bits per heavy atom. The van der Waals surface area contributed by atoms with E-state index in [0.717, 1.165) is 0 Å². The van der Waals surface area contributed by atoms with E-state index in [1.807, 2.05) is 0 Å². The third-order valence-electron chi connectivity index (χ3n) is 3.62. The SMILES string of the molecule is CNS(=O)(=O)c1ccc(S(=O)(=O)NCc2ccc3c(c2)OCO3)cc1. The van der Waals surface area contributed by atoms with Gasteiger partial charge in [-0.1, -0.05) is 6.07 Å². The van der Waals surface area contributed by atoms with Crippen molar-refractivity contribution in [1.29, 1.82) is 0 Å². The first-order chi connectivity index (χ1) is 11.8. The minimum Gasteiger partial charge on any atom is -0.454 e. The van der Waals surface area contributed by atoms with Gasteiger partial charge < -0.3 is 9.47 Å². The summed E-state index contributed by atoms with van der Waals surface area (Å²) in [7, 11) is -6.11. The van der Waals surface area contributed by atoms with Crippen LogP contribution in [-0.4, -0.2) is 30.7 Å². The van der Waals surface area contributed by atoms with E-state index in [1.54, 1.807) is 18.2 Å². The van der Waals surface area contributed by atoms with Crippen LogP contribution in [0, 0.1) is 0 Å². The summed E-state index contributed by atoms with van der Waals surface area (Å²) in [5.41, 5.74) is 0.710. The Kier molecular flexibility index (Phi) is 4.69. The summed E-state index contributed by atoms with van der Waals surface area (Å²) in [5, 5.41) is 0. The summed E-state index contributed by atoms with van der Waals surface area (Å²) in [6, 6.07) is 10.1. The standard InChI is InChI=1S/C15H16N2O6S2/c1-16-24(18,19)12-3-5-13(6-4-12)25(20,21)17-9-11-2-7-14-15(8-11)23-10-22-14/h2-8,16-17H,9-10H2,1H3. The fraction of sp³-hybridized carbons (Fsp3) is 0.200. The molecule has 10 heteroatoms. The zero-order chi connectivity index (χ0) is 18.1. The first-order valence-electron chi connectivity index (χ1n) is 7.24. The number of benzene rings is 2. The van der Waals surface area contributed by atoms with Crippen LogP contribution >= 0.6 is 0 Å². The molecular formula is C15H16N2O6S2. The van der Waals surface area contributed by atoms with E-state index in [9.17, 15) is 16.8 Å². The van der Waals surface area contributed by atoms with Crippen molar-refractivity contribution < 1.29 is 26.3 Å². The van der Waals surface area contributed by atoms with Crippen molar-refractivity contribution in [2.75, 3.05) is 13.8 Å². The predicted octanol–water partition coefficient (Wildman–Crippen LogP) is 0.802. The summed E-state index contributed by atoms with van der Waals surface area (Å²) in [4.78, 5) is -0.0342. The van der Waals surface area contributed by atoms with Crippen LogP contribution < -0.4 is 18.9 Å². The van der Waals surface area contributed by atoms with Gasteiger partial charge in [-0.3, -0.25) is 0 Å². The Hall–Kier alpha value is -2.14. The second-order valence-corrected chi connectivity index (χ2v) is 8.84. The van der Waals surface area contributed by atoms with E-state index in [0.29, 0.717) is 17.1 Å². The van der Waals surface area contributed by atoms with E-state index in [-0.39, 0.29) is 23.1 Å². The minimum absolute atomic E-state index is 0.00952. The molecule has 2 aromatic carbocycles. The highest BCUT2D eigenvalue weighted by Crippen LogP contribution is 2.32. The summed E-state index contributed by atoms with van der Waals surface area (Å²) in [5.74, 6) is 1.19. The third-order valence-corrected chi connectivity index (χ3v) is 6.46. The molecule has 0 aromatic heterocycles. The van der Waals surface area contributed by atoms with Crippen molar-refractivity contribution >= 4 is 20.0 Å². The Morgan fingerprint density at radius 1 is 0.880 bits per heavy atom. The van der Waals surface area contributed by atoms with Gasteiger partial charge in [0.05, 0.1) is 9.79 Å². The lowest BCUT2D eigenvalue weighted by Crippen LogP contribution is -2.23.